The molecule has 186 valence electrons. The van der Waals surface area contributed by atoms with Crippen molar-refractivity contribution in [1.29, 1.82) is 0 Å². The summed E-state index contributed by atoms with van der Waals surface area (Å²) in [6, 6.07) is 3.30. The first kappa shape index (κ1) is 25.3. The van der Waals surface area contributed by atoms with Crippen LogP contribution in [0, 0.1) is 5.92 Å². The Kier molecular flexibility index (Phi) is 8.08. The lowest BCUT2D eigenvalue weighted by Gasteiger charge is -2.30. The van der Waals surface area contributed by atoms with Gasteiger partial charge in [0.1, 0.15) is 9.21 Å². The number of fused-ring (bicyclic) bond motifs is 1. The summed E-state index contributed by atoms with van der Waals surface area (Å²) in [7, 11) is -3.61. The van der Waals surface area contributed by atoms with E-state index >= 15 is 0 Å². The predicted molar refractivity (Wildman–Crippen MR) is 134 cm³/mol. The number of rotatable bonds is 8. The minimum atomic E-state index is -3.61. The highest BCUT2D eigenvalue weighted by Crippen LogP contribution is 2.38. The van der Waals surface area contributed by atoms with Crippen LogP contribution >= 0.6 is 22.7 Å². The number of anilines is 1. The van der Waals surface area contributed by atoms with Crippen molar-refractivity contribution < 1.29 is 22.7 Å². The third-order valence-corrected chi connectivity index (χ3v) is 10.6. The minimum Gasteiger partial charge on any atom is -0.462 e. The first-order valence-electron chi connectivity index (χ1n) is 11.7. The van der Waals surface area contributed by atoms with Crippen molar-refractivity contribution in [2.45, 2.75) is 50.3 Å². The topological polar surface area (TPSA) is 96.0 Å². The second kappa shape index (κ2) is 10.9. The van der Waals surface area contributed by atoms with Crippen molar-refractivity contribution in [1.82, 2.24) is 9.21 Å². The fourth-order valence-corrected chi connectivity index (χ4v) is 8.55. The Morgan fingerprint density at radius 2 is 2.09 bits per heavy atom. The summed E-state index contributed by atoms with van der Waals surface area (Å²) in [6.45, 7) is 7.33. The number of amides is 1. The van der Waals surface area contributed by atoms with E-state index in [9.17, 15) is 18.0 Å². The molecule has 2 aromatic heterocycles. The molecule has 1 amide bonds. The number of sulfonamides is 1. The number of thiophene rings is 2. The number of nitrogens with zero attached hydrogens (tertiary/aromatic N) is 2. The third kappa shape index (κ3) is 5.23. The van der Waals surface area contributed by atoms with Gasteiger partial charge in [0.05, 0.1) is 18.1 Å². The van der Waals surface area contributed by atoms with Crippen molar-refractivity contribution in [3.8, 4) is 0 Å². The van der Waals surface area contributed by atoms with Gasteiger partial charge in [-0.15, -0.1) is 22.7 Å². The van der Waals surface area contributed by atoms with Gasteiger partial charge in [-0.05, 0) is 56.2 Å². The summed E-state index contributed by atoms with van der Waals surface area (Å²) in [6.07, 6.45) is 3.01. The zero-order valence-corrected chi connectivity index (χ0v) is 22.0. The number of carbonyl (C=O) groups excluding carboxylic acids is 2. The van der Waals surface area contributed by atoms with Crippen molar-refractivity contribution >= 4 is 49.6 Å². The van der Waals surface area contributed by atoms with Crippen molar-refractivity contribution in [2.24, 2.45) is 5.92 Å². The van der Waals surface area contributed by atoms with Crippen molar-refractivity contribution in [3.05, 3.63) is 33.5 Å². The van der Waals surface area contributed by atoms with E-state index in [1.807, 2.05) is 0 Å². The molecule has 8 nitrogen and oxygen atoms in total. The quantitative estimate of drug-likeness (QED) is 0.527. The van der Waals surface area contributed by atoms with Crippen LogP contribution in [0.25, 0.3) is 0 Å². The number of carbonyl (C=O) groups is 2. The van der Waals surface area contributed by atoms with Crippen molar-refractivity contribution in [3.63, 3.8) is 0 Å². The molecule has 1 saturated heterocycles. The Morgan fingerprint density at radius 1 is 1.26 bits per heavy atom. The summed E-state index contributed by atoms with van der Waals surface area (Å²) in [5.41, 5.74) is 1.43. The van der Waals surface area contributed by atoms with E-state index in [0.29, 0.717) is 34.2 Å². The summed E-state index contributed by atoms with van der Waals surface area (Å²) in [5.74, 6) is -1.14. The number of nitrogens with one attached hydrogen (secondary N) is 1. The average molecular weight is 526 g/mol. The maximum atomic E-state index is 13.3. The molecule has 34 heavy (non-hydrogen) atoms. The highest BCUT2D eigenvalue weighted by Gasteiger charge is 2.35. The first-order chi connectivity index (χ1) is 16.3. The molecule has 0 spiro atoms. The molecule has 0 radical (unpaired) electrons. The van der Waals surface area contributed by atoms with E-state index in [1.165, 1.54) is 27.0 Å². The molecule has 1 N–H and O–H groups in total. The molecule has 2 aliphatic heterocycles. The molecule has 11 heteroatoms. The van der Waals surface area contributed by atoms with Crippen LogP contribution in [0.1, 0.15) is 53.9 Å². The van der Waals surface area contributed by atoms with Gasteiger partial charge in [0.2, 0.25) is 5.91 Å². The van der Waals surface area contributed by atoms with Crippen molar-refractivity contribution in [2.75, 3.05) is 38.1 Å². The maximum Gasteiger partial charge on any atom is 0.341 e. The van der Waals surface area contributed by atoms with Crippen LogP contribution in [0.5, 0.6) is 0 Å². The van der Waals surface area contributed by atoms with Gasteiger partial charge < -0.3 is 10.1 Å². The highest BCUT2D eigenvalue weighted by molar-refractivity contribution is 7.91. The second-order valence-corrected chi connectivity index (χ2v) is 12.8. The van der Waals surface area contributed by atoms with Gasteiger partial charge in [-0.25, -0.2) is 13.2 Å². The lowest BCUT2D eigenvalue weighted by Crippen LogP contribution is -2.43. The summed E-state index contributed by atoms with van der Waals surface area (Å²) in [5, 5.41) is 5.22. The van der Waals surface area contributed by atoms with Crippen LogP contribution in [0.15, 0.2) is 21.7 Å². The van der Waals surface area contributed by atoms with Crippen LogP contribution in [-0.2, 0) is 32.5 Å². The molecular formula is C23H31N3O5S3. The number of hydrogen-bond donors (Lipinski definition) is 1. The Labute approximate surface area is 208 Å². The fraction of sp³-hybridized carbons (Fsp3) is 0.565. The number of hydrogen-bond acceptors (Lipinski definition) is 8. The van der Waals surface area contributed by atoms with E-state index in [1.54, 1.807) is 24.4 Å². The predicted octanol–water partition coefficient (Wildman–Crippen LogP) is 3.79. The highest BCUT2D eigenvalue weighted by atomic mass is 32.2. The lowest BCUT2D eigenvalue weighted by atomic mass is 9.98. The standard InChI is InChI=1S/C23H31N3O5S3/c1-3-10-25-12-9-17-18(15-25)33-22(20(17)23(28)31-4-2)24-21(27)16-7-5-11-26(14-16)34(29,30)19-8-6-13-32-19/h6,8,13,16H,3-5,7,9-12,14-15H2,1-2H3,(H,24,27). The van der Waals surface area contributed by atoms with E-state index in [2.05, 4.69) is 17.1 Å². The van der Waals surface area contributed by atoms with Gasteiger partial charge in [0, 0.05) is 31.1 Å². The number of esters is 1. The van der Waals surface area contributed by atoms with Crippen LogP contribution in [0.4, 0.5) is 5.00 Å². The summed E-state index contributed by atoms with van der Waals surface area (Å²) in [4.78, 5) is 29.5. The smallest absolute Gasteiger partial charge is 0.341 e. The second-order valence-electron chi connectivity index (χ2n) is 8.58. The van der Waals surface area contributed by atoms with Gasteiger partial charge in [0.25, 0.3) is 10.0 Å². The van der Waals surface area contributed by atoms with Gasteiger partial charge in [0.15, 0.2) is 0 Å². The van der Waals surface area contributed by atoms with Gasteiger partial charge in [-0.2, -0.15) is 4.31 Å². The molecular weight excluding hydrogens is 494 g/mol. The summed E-state index contributed by atoms with van der Waals surface area (Å²) < 4.78 is 32.9. The Hall–Kier alpha value is -1.79. The molecule has 0 bridgehead atoms. The Bertz CT molecular complexity index is 1130. The van der Waals surface area contributed by atoms with E-state index in [4.69, 9.17) is 4.74 Å². The van der Waals surface area contributed by atoms with Gasteiger partial charge in [-0.3, -0.25) is 9.69 Å². The zero-order chi connectivity index (χ0) is 24.3. The molecule has 0 saturated carbocycles. The number of piperidine rings is 1. The SMILES string of the molecule is CCCN1CCc2c(sc(NC(=O)C3CCCN(S(=O)(=O)c4cccs4)C3)c2C(=O)OCC)C1. The normalized spacial score (nSPS) is 19.5. The van der Waals surface area contributed by atoms with Crippen LogP contribution in [-0.4, -0.2) is 62.3 Å². The molecule has 1 fully saturated rings. The average Bonchev–Trinajstić information content (AvgIpc) is 3.48. The molecule has 4 heterocycles. The molecule has 4 rings (SSSR count). The fourth-order valence-electron chi connectivity index (χ4n) is 4.60. The largest absolute Gasteiger partial charge is 0.462 e. The molecule has 0 aliphatic carbocycles. The molecule has 1 atom stereocenters. The molecule has 2 aliphatic rings. The Morgan fingerprint density at radius 3 is 2.79 bits per heavy atom. The number of ether oxygens (including phenoxy) is 1. The first-order valence-corrected chi connectivity index (χ1v) is 14.9. The van der Waals surface area contributed by atoms with E-state index < -0.39 is 21.9 Å². The maximum absolute atomic E-state index is 13.3. The monoisotopic (exact) mass is 525 g/mol. The zero-order valence-electron chi connectivity index (χ0n) is 19.5. The molecule has 0 aromatic carbocycles. The molecule has 2 aromatic rings. The van der Waals surface area contributed by atoms with Crippen LogP contribution < -0.4 is 5.32 Å². The Balaban J connectivity index is 1.53. The lowest BCUT2D eigenvalue weighted by molar-refractivity contribution is -0.120. The third-order valence-electron chi connectivity index (χ3n) is 6.24. The van der Waals surface area contributed by atoms with Crippen LogP contribution in [0.3, 0.4) is 0 Å². The van der Waals surface area contributed by atoms with E-state index in [-0.39, 0.29) is 19.1 Å². The van der Waals surface area contributed by atoms with Gasteiger partial charge in [-0.1, -0.05) is 13.0 Å². The van der Waals surface area contributed by atoms with Crippen LogP contribution in [0.2, 0.25) is 0 Å². The van der Waals surface area contributed by atoms with Gasteiger partial charge >= 0.3 is 5.97 Å². The minimum absolute atomic E-state index is 0.135. The van der Waals surface area contributed by atoms with E-state index in [0.717, 1.165) is 42.9 Å². The molecule has 1 unspecified atom stereocenters. The summed E-state index contributed by atoms with van der Waals surface area (Å²) >= 11 is 2.62.